The van der Waals surface area contributed by atoms with Crippen molar-refractivity contribution in [1.82, 2.24) is 14.8 Å². The van der Waals surface area contributed by atoms with Crippen LogP contribution in [0.3, 0.4) is 0 Å². The van der Waals surface area contributed by atoms with Crippen LogP contribution in [-0.2, 0) is 38.5 Å². The summed E-state index contributed by atoms with van der Waals surface area (Å²) in [7, 11) is 1.62. The summed E-state index contributed by atoms with van der Waals surface area (Å²) in [5, 5.41) is 1.45. The van der Waals surface area contributed by atoms with E-state index in [-0.39, 0.29) is 43.0 Å². The first-order chi connectivity index (χ1) is 18.4. The summed E-state index contributed by atoms with van der Waals surface area (Å²) >= 11 is 8.63. The van der Waals surface area contributed by atoms with Gasteiger partial charge >= 0.3 is 0 Å². The van der Waals surface area contributed by atoms with Gasteiger partial charge in [0.05, 0.1) is 37.6 Å². The third-order valence-electron chi connectivity index (χ3n) is 7.72. The Morgan fingerprint density at radius 3 is 2.53 bits per heavy atom. The zero-order valence-electron chi connectivity index (χ0n) is 21.1. The lowest BCUT2D eigenvalue weighted by atomic mass is 9.85. The van der Waals surface area contributed by atoms with Gasteiger partial charge in [-0.1, -0.05) is 23.7 Å². The van der Waals surface area contributed by atoms with Gasteiger partial charge in [-0.15, -0.1) is 11.3 Å². The minimum atomic E-state index is -0.200. The molecule has 10 heteroatoms. The number of imide groups is 1. The lowest BCUT2D eigenvalue weighted by Crippen LogP contribution is -2.44. The van der Waals surface area contributed by atoms with Crippen LogP contribution in [-0.4, -0.2) is 65.9 Å². The number of nitrogens with zero attached hydrogens (tertiary/aromatic N) is 3. The van der Waals surface area contributed by atoms with Gasteiger partial charge in [-0.25, -0.2) is 4.98 Å². The number of methoxy groups -OCH3 is 1. The van der Waals surface area contributed by atoms with Crippen LogP contribution in [0.2, 0.25) is 5.02 Å². The third kappa shape index (κ3) is 4.46. The number of likely N-dealkylation sites (tertiary alicyclic amines) is 1. The van der Waals surface area contributed by atoms with Crippen molar-refractivity contribution in [1.29, 1.82) is 0 Å². The van der Waals surface area contributed by atoms with E-state index in [0.717, 1.165) is 44.8 Å². The van der Waals surface area contributed by atoms with E-state index in [1.54, 1.807) is 18.4 Å². The number of ether oxygens (including phenoxy) is 2. The van der Waals surface area contributed by atoms with Crippen LogP contribution in [0.5, 0.6) is 5.75 Å². The summed E-state index contributed by atoms with van der Waals surface area (Å²) in [6, 6.07) is 7.71. The van der Waals surface area contributed by atoms with E-state index in [1.807, 2.05) is 29.2 Å². The van der Waals surface area contributed by atoms with Crippen LogP contribution in [0.15, 0.2) is 24.3 Å². The van der Waals surface area contributed by atoms with Gasteiger partial charge in [0.1, 0.15) is 10.6 Å². The largest absolute Gasteiger partial charge is 0.497 e. The van der Waals surface area contributed by atoms with Crippen molar-refractivity contribution in [3.05, 3.63) is 45.4 Å². The van der Waals surface area contributed by atoms with Crippen LogP contribution in [0.25, 0.3) is 21.3 Å². The molecule has 1 aromatic carbocycles. The van der Waals surface area contributed by atoms with E-state index in [4.69, 9.17) is 26.1 Å². The number of amides is 3. The number of pyridine rings is 1. The number of morpholine rings is 1. The maximum Gasteiger partial charge on any atom is 0.230 e. The van der Waals surface area contributed by atoms with Crippen molar-refractivity contribution >= 4 is 50.9 Å². The Labute approximate surface area is 229 Å². The molecule has 1 aliphatic carbocycles. The minimum absolute atomic E-state index is 0.0519. The third-order valence-corrected chi connectivity index (χ3v) is 9.27. The second kappa shape index (κ2) is 10.3. The highest BCUT2D eigenvalue weighted by Gasteiger charge is 2.34. The van der Waals surface area contributed by atoms with E-state index >= 15 is 0 Å². The predicted molar refractivity (Wildman–Crippen MR) is 144 cm³/mol. The average Bonchev–Trinajstić information content (AvgIpc) is 3.47. The highest BCUT2D eigenvalue weighted by Crippen LogP contribution is 2.46. The molecule has 0 spiro atoms. The molecule has 2 saturated heterocycles. The average molecular weight is 554 g/mol. The molecule has 1 unspecified atom stereocenters. The van der Waals surface area contributed by atoms with Gasteiger partial charge in [0.2, 0.25) is 17.7 Å². The lowest BCUT2D eigenvalue weighted by molar-refractivity contribution is -0.140. The van der Waals surface area contributed by atoms with E-state index in [1.165, 1.54) is 10.5 Å². The SMILES string of the molecule is COc1ccc(-c2c(Cl)c(CN3C(=O)CCC3=O)nc3sc4c(c23)CCC(C(=O)N2CCOCC2)C4)cc1. The maximum absolute atomic E-state index is 13.2. The first-order valence-electron chi connectivity index (χ1n) is 12.9. The fourth-order valence-corrected chi connectivity index (χ4v) is 7.30. The van der Waals surface area contributed by atoms with Crippen molar-refractivity contribution in [2.45, 2.75) is 38.6 Å². The minimum Gasteiger partial charge on any atom is -0.497 e. The number of carbonyl (C=O) groups excluding carboxylic acids is 3. The smallest absolute Gasteiger partial charge is 0.230 e. The molecule has 0 saturated carbocycles. The molecule has 2 fully saturated rings. The topological polar surface area (TPSA) is 89.0 Å². The Morgan fingerprint density at radius 2 is 1.84 bits per heavy atom. The number of aromatic nitrogens is 1. The van der Waals surface area contributed by atoms with Gasteiger partial charge in [0.25, 0.3) is 0 Å². The number of aryl methyl sites for hydroxylation is 1. The molecule has 0 N–H and O–H groups in total. The van der Waals surface area contributed by atoms with Crippen LogP contribution in [0.4, 0.5) is 0 Å². The van der Waals surface area contributed by atoms with Gasteiger partial charge in [-0.2, -0.15) is 0 Å². The number of rotatable bonds is 5. The highest BCUT2D eigenvalue weighted by atomic mass is 35.5. The number of hydrogen-bond acceptors (Lipinski definition) is 7. The number of thiophene rings is 1. The zero-order valence-corrected chi connectivity index (χ0v) is 22.7. The molecule has 3 aromatic rings. The van der Waals surface area contributed by atoms with Crippen LogP contribution >= 0.6 is 22.9 Å². The molecule has 4 heterocycles. The molecule has 198 valence electrons. The van der Waals surface area contributed by atoms with E-state index in [9.17, 15) is 14.4 Å². The summed E-state index contributed by atoms with van der Waals surface area (Å²) in [4.78, 5) is 48.0. The molecule has 6 rings (SSSR count). The molecular weight excluding hydrogens is 526 g/mol. The summed E-state index contributed by atoms with van der Waals surface area (Å²) < 4.78 is 10.8. The molecule has 0 bridgehead atoms. The maximum atomic E-state index is 13.2. The first-order valence-corrected chi connectivity index (χ1v) is 14.1. The van der Waals surface area contributed by atoms with Gasteiger partial charge in [-0.05, 0) is 42.5 Å². The monoisotopic (exact) mass is 553 g/mol. The van der Waals surface area contributed by atoms with Gasteiger partial charge < -0.3 is 14.4 Å². The van der Waals surface area contributed by atoms with E-state index < -0.39 is 0 Å². The van der Waals surface area contributed by atoms with Crippen molar-refractivity contribution in [2.24, 2.45) is 5.92 Å². The Morgan fingerprint density at radius 1 is 1.13 bits per heavy atom. The molecule has 8 nitrogen and oxygen atoms in total. The Balaban J connectivity index is 1.43. The van der Waals surface area contributed by atoms with Crippen LogP contribution in [0, 0.1) is 5.92 Å². The lowest BCUT2D eigenvalue weighted by Gasteiger charge is -2.32. The fourth-order valence-electron chi connectivity index (χ4n) is 5.67. The zero-order chi connectivity index (χ0) is 26.4. The van der Waals surface area contributed by atoms with Crippen molar-refractivity contribution in [3.63, 3.8) is 0 Å². The fraction of sp³-hybridized carbons (Fsp3) is 0.429. The Kier molecular flexibility index (Phi) is 6.84. The number of carbonyl (C=O) groups is 3. The number of hydrogen-bond donors (Lipinski definition) is 0. The first kappa shape index (κ1) is 25.3. The Hall–Kier alpha value is -3.01. The normalized spacial score (nSPS) is 19.8. The highest BCUT2D eigenvalue weighted by molar-refractivity contribution is 7.19. The molecule has 0 radical (unpaired) electrons. The molecule has 38 heavy (non-hydrogen) atoms. The van der Waals surface area contributed by atoms with Crippen LogP contribution < -0.4 is 4.74 Å². The molecular formula is C28H28ClN3O5S. The summed E-state index contributed by atoms with van der Waals surface area (Å²) in [6.07, 6.45) is 2.64. The number of benzene rings is 1. The molecule has 2 aromatic heterocycles. The second-order valence-electron chi connectivity index (χ2n) is 9.91. The van der Waals surface area contributed by atoms with E-state index in [2.05, 4.69) is 0 Å². The van der Waals surface area contributed by atoms with Crippen LogP contribution in [0.1, 0.15) is 35.4 Å². The van der Waals surface area contributed by atoms with Gasteiger partial charge in [-0.3, -0.25) is 19.3 Å². The standard InChI is InChI=1S/C28H28ClN3O5S/c1-36-18-5-2-16(3-6-18)24-25-19-7-4-17(28(35)31-10-12-37-13-11-31)14-21(19)38-27(25)30-20(26(24)29)15-32-22(33)8-9-23(32)34/h2-3,5-6,17H,4,7-15H2,1H3. The second-order valence-corrected chi connectivity index (χ2v) is 11.4. The quantitative estimate of drug-likeness (QED) is 0.439. The summed E-state index contributed by atoms with van der Waals surface area (Å²) in [6.45, 7) is 2.52. The van der Waals surface area contributed by atoms with E-state index in [0.29, 0.717) is 43.4 Å². The Bertz CT molecular complexity index is 1410. The summed E-state index contributed by atoms with van der Waals surface area (Å²) in [5.41, 5.74) is 3.46. The van der Waals surface area contributed by atoms with Gasteiger partial charge in [0, 0.05) is 47.7 Å². The molecule has 3 aliphatic rings. The van der Waals surface area contributed by atoms with Gasteiger partial charge in [0.15, 0.2) is 0 Å². The summed E-state index contributed by atoms with van der Waals surface area (Å²) in [5.74, 6) is 0.473. The van der Waals surface area contributed by atoms with Crippen molar-refractivity contribution < 1.29 is 23.9 Å². The van der Waals surface area contributed by atoms with Crippen molar-refractivity contribution in [2.75, 3.05) is 33.4 Å². The predicted octanol–water partition coefficient (Wildman–Crippen LogP) is 4.24. The number of fused-ring (bicyclic) bond motifs is 3. The number of halogens is 1. The van der Waals surface area contributed by atoms with Crippen molar-refractivity contribution in [3.8, 4) is 16.9 Å². The molecule has 2 aliphatic heterocycles. The molecule has 3 amide bonds. The molecule has 1 atom stereocenters.